The fourth-order valence-corrected chi connectivity index (χ4v) is 4.84. The largest absolute Gasteiger partial charge is 0.425 e. The summed E-state index contributed by atoms with van der Waals surface area (Å²) < 4.78 is 25.7. The summed E-state index contributed by atoms with van der Waals surface area (Å²) in [4.78, 5) is 16.9. The first-order valence-electron chi connectivity index (χ1n) is 11.5. The molecule has 172 valence electrons. The minimum absolute atomic E-state index is 0.143. The minimum atomic E-state index is -0.535. The van der Waals surface area contributed by atoms with Crippen LogP contribution in [0.25, 0.3) is 16.5 Å². The van der Waals surface area contributed by atoms with E-state index in [1.165, 1.54) is 18.3 Å². The first kappa shape index (κ1) is 21.8. The van der Waals surface area contributed by atoms with Crippen molar-refractivity contribution in [1.82, 2.24) is 9.71 Å². The van der Waals surface area contributed by atoms with Gasteiger partial charge in [0.2, 0.25) is 0 Å². The monoisotopic (exact) mass is 450 g/mol. The second kappa shape index (κ2) is 9.45. The number of hydrogen-bond donors (Lipinski definition) is 1. The van der Waals surface area contributed by atoms with Gasteiger partial charge in [-0.1, -0.05) is 18.2 Å². The maximum Gasteiger partial charge on any atom is 0.309 e. The van der Waals surface area contributed by atoms with Gasteiger partial charge in [0.15, 0.2) is 0 Å². The Balaban J connectivity index is 1.53. The quantitative estimate of drug-likeness (QED) is 0.591. The van der Waals surface area contributed by atoms with Crippen LogP contribution < -0.4 is 5.56 Å². The summed E-state index contributed by atoms with van der Waals surface area (Å²) in [6.07, 6.45) is 9.76. The molecule has 1 aromatic carbocycles. The molecule has 1 fully saturated rings. The lowest BCUT2D eigenvalue weighted by molar-refractivity contribution is -0.0205. The molecule has 1 atom stereocenters. The molecule has 33 heavy (non-hydrogen) atoms. The molecule has 2 aliphatic rings. The zero-order valence-corrected chi connectivity index (χ0v) is 18.4. The van der Waals surface area contributed by atoms with E-state index in [1.54, 1.807) is 12.3 Å². The van der Waals surface area contributed by atoms with Crippen LogP contribution in [0.15, 0.2) is 53.6 Å². The number of benzene rings is 1. The molecule has 1 N–H and O–H groups in total. The molecule has 0 radical (unpaired) electrons. The second-order valence-corrected chi connectivity index (χ2v) is 8.83. The fourth-order valence-electron chi connectivity index (χ4n) is 4.84. The molecule has 6 nitrogen and oxygen atoms in total. The van der Waals surface area contributed by atoms with Crippen LogP contribution in [0.4, 0.5) is 4.39 Å². The second-order valence-electron chi connectivity index (χ2n) is 8.83. The number of halogens is 1. The summed E-state index contributed by atoms with van der Waals surface area (Å²) in [5.41, 5.74) is 3.87. The Hall–Kier alpha value is -3.03. The molecular weight excluding hydrogens is 423 g/mol. The van der Waals surface area contributed by atoms with E-state index in [1.807, 2.05) is 12.1 Å². The zero-order chi connectivity index (χ0) is 22.8. The molecule has 0 amide bonds. The molecule has 2 aromatic heterocycles. The van der Waals surface area contributed by atoms with Gasteiger partial charge in [0.25, 0.3) is 0 Å². The van der Waals surface area contributed by atoms with E-state index in [4.69, 9.17) is 9.47 Å². The van der Waals surface area contributed by atoms with Gasteiger partial charge in [0.1, 0.15) is 11.3 Å². The molecule has 3 aromatic rings. The maximum absolute atomic E-state index is 13.4. The van der Waals surface area contributed by atoms with Crippen molar-refractivity contribution in [2.75, 3.05) is 19.8 Å². The van der Waals surface area contributed by atoms with Gasteiger partial charge in [-0.15, -0.1) is 0 Å². The van der Waals surface area contributed by atoms with Gasteiger partial charge in [0.05, 0.1) is 12.7 Å². The molecule has 5 rings (SSSR count). The van der Waals surface area contributed by atoms with E-state index in [0.29, 0.717) is 24.6 Å². The molecule has 7 heteroatoms. The predicted molar refractivity (Wildman–Crippen MR) is 123 cm³/mol. The Morgan fingerprint density at radius 2 is 1.94 bits per heavy atom. The average molecular weight is 451 g/mol. The number of fused-ring (bicyclic) bond motifs is 3. The molecule has 0 bridgehead atoms. The lowest BCUT2D eigenvalue weighted by Crippen LogP contribution is -2.24. The van der Waals surface area contributed by atoms with Gasteiger partial charge in [0, 0.05) is 31.0 Å². The van der Waals surface area contributed by atoms with Gasteiger partial charge in [-0.25, -0.2) is 9.37 Å². The van der Waals surface area contributed by atoms with Gasteiger partial charge < -0.3 is 14.7 Å². The van der Waals surface area contributed by atoms with Crippen molar-refractivity contribution >= 4 is 16.5 Å². The number of pyridine rings is 2. The maximum atomic E-state index is 13.4. The highest BCUT2D eigenvalue weighted by Crippen LogP contribution is 2.34. The molecule has 1 saturated heterocycles. The molecule has 3 heterocycles. The third-order valence-corrected chi connectivity index (χ3v) is 6.58. The summed E-state index contributed by atoms with van der Waals surface area (Å²) >= 11 is 0. The van der Waals surface area contributed by atoms with Gasteiger partial charge in [-0.05, 0) is 78.5 Å². The number of aryl methyl sites for hydroxylation is 1. The minimum Gasteiger partial charge on any atom is -0.425 e. The first-order valence-corrected chi connectivity index (χ1v) is 11.5. The van der Waals surface area contributed by atoms with Crippen LogP contribution in [-0.4, -0.2) is 40.8 Å². The Kier molecular flexibility index (Phi) is 6.24. The van der Waals surface area contributed by atoms with Crippen molar-refractivity contribution in [2.24, 2.45) is 5.92 Å². The Morgan fingerprint density at radius 1 is 1.15 bits per heavy atom. The Morgan fingerprint density at radius 3 is 2.73 bits per heavy atom. The van der Waals surface area contributed by atoms with E-state index >= 15 is 0 Å². The number of allylic oxidation sites excluding steroid dienone is 1. The molecule has 1 unspecified atom stereocenters. The van der Waals surface area contributed by atoms with Crippen LogP contribution in [-0.2, 0) is 22.3 Å². The zero-order valence-electron chi connectivity index (χ0n) is 18.4. The van der Waals surface area contributed by atoms with Crippen molar-refractivity contribution in [3.8, 4) is 0 Å². The fraction of sp³-hybridized carbons (Fsp3) is 0.385. The molecule has 1 aliphatic heterocycles. The van der Waals surface area contributed by atoms with Crippen LogP contribution in [0.1, 0.15) is 36.0 Å². The van der Waals surface area contributed by atoms with Gasteiger partial charge >= 0.3 is 5.56 Å². The van der Waals surface area contributed by atoms with E-state index in [0.717, 1.165) is 59.8 Å². The number of nitrogens with zero attached hydrogens (tertiary/aromatic N) is 2. The number of ether oxygens (including phenoxy) is 2. The number of aromatic nitrogens is 2. The van der Waals surface area contributed by atoms with Crippen LogP contribution in [0.3, 0.4) is 0 Å². The Labute approximate surface area is 191 Å². The van der Waals surface area contributed by atoms with E-state index in [2.05, 4.69) is 11.1 Å². The average Bonchev–Trinajstić information content (AvgIpc) is 3.01. The number of rotatable bonds is 5. The summed E-state index contributed by atoms with van der Waals surface area (Å²) in [6, 6.07) is 8.40. The summed E-state index contributed by atoms with van der Waals surface area (Å²) in [6.45, 7) is 1.84. The molecule has 0 spiro atoms. The van der Waals surface area contributed by atoms with Crippen molar-refractivity contribution in [1.29, 1.82) is 0 Å². The van der Waals surface area contributed by atoms with E-state index < -0.39 is 5.56 Å². The standard InChI is InChI=1S/C26H27FN2O4/c27-21-5-2-17(3-6-21)13-18-1-4-19-15-28-25-23(7-10-29(31)26(25)30)24(19)20(14-18)16-33-22-8-11-32-12-9-22/h2-3,5-7,10,14-15,18,22,31H,1,4,8-9,11-13,16H2. The van der Waals surface area contributed by atoms with Crippen molar-refractivity contribution < 1.29 is 19.1 Å². The van der Waals surface area contributed by atoms with Gasteiger partial charge in [-0.3, -0.25) is 4.79 Å². The SMILES string of the molecule is O=c1c2ncc3c(c2ccn1O)C(COC1CCOCC1)=CC(Cc1ccc(F)cc1)CC3. The van der Waals surface area contributed by atoms with Crippen LogP contribution in [0.2, 0.25) is 0 Å². The third-order valence-electron chi connectivity index (χ3n) is 6.58. The topological polar surface area (TPSA) is 73.6 Å². The normalized spacial score (nSPS) is 19.2. The lowest BCUT2D eigenvalue weighted by Gasteiger charge is -2.24. The molecular formula is C26H27FN2O4. The van der Waals surface area contributed by atoms with Crippen molar-refractivity contribution in [2.45, 2.75) is 38.2 Å². The lowest BCUT2D eigenvalue weighted by atomic mass is 9.94. The molecule has 1 aliphatic carbocycles. The van der Waals surface area contributed by atoms with Gasteiger partial charge in [-0.2, -0.15) is 4.73 Å². The third kappa shape index (κ3) is 4.70. The smallest absolute Gasteiger partial charge is 0.309 e. The van der Waals surface area contributed by atoms with E-state index in [-0.39, 0.29) is 23.4 Å². The van der Waals surface area contributed by atoms with Crippen LogP contribution in [0.5, 0.6) is 0 Å². The highest BCUT2D eigenvalue weighted by molar-refractivity contribution is 5.93. The van der Waals surface area contributed by atoms with Crippen molar-refractivity contribution in [3.05, 3.63) is 81.7 Å². The van der Waals surface area contributed by atoms with Crippen molar-refractivity contribution in [3.63, 3.8) is 0 Å². The highest BCUT2D eigenvalue weighted by atomic mass is 19.1. The van der Waals surface area contributed by atoms with Crippen LogP contribution >= 0.6 is 0 Å². The summed E-state index contributed by atoms with van der Waals surface area (Å²) in [5.74, 6) is 0.00427. The summed E-state index contributed by atoms with van der Waals surface area (Å²) in [5, 5.41) is 10.6. The van der Waals surface area contributed by atoms with Crippen LogP contribution in [0, 0.1) is 11.7 Å². The first-order chi connectivity index (χ1) is 16.1. The molecule has 0 saturated carbocycles. The van der Waals surface area contributed by atoms with E-state index in [9.17, 15) is 14.4 Å². The summed E-state index contributed by atoms with van der Waals surface area (Å²) in [7, 11) is 0. The highest BCUT2D eigenvalue weighted by Gasteiger charge is 2.23. The Bertz CT molecular complexity index is 1230. The number of hydrogen-bond acceptors (Lipinski definition) is 5. The predicted octanol–water partition coefficient (Wildman–Crippen LogP) is 4.16.